The van der Waals surface area contributed by atoms with Crippen molar-refractivity contribution < 1.29 is 14.7 Å². The van der Waals surface area contributed by atoms with Crippen molar-refractivity contribution in [1.82, 2.24) is 4.90 Å². The van der Waals surface area contributed by atoms with E-state index in [1.54, 1.807) is 20.2 Å². The van der Waals surface area contributed by atoms with Gasteiger partial charge in [0.25, 0.3) is 16.8 Å². The van der Waals surface area contributed by atoms with Gasteiger partial charge in [0.05, 0.1) is 17.3 Å². The second kappa shape index (κ2) is 10.4. The Morgan fingerprint density at radius 3 is 2.14 bits per heavy atom. The molecule has 0 heterocycles. The van der Waals surface area contributed by atoms with Crippen LogP contribution < -0.4 is 21.5 Å². The number of nitrogens with zero attached hydrogens (tertiary/aromatic N) is 1. The smallest absolute Gasteiger partial charge is 0.257 e. The highest BCUT2D eigenvalue weighted by Crippen LogP contribution is 2.33. The highest BCUT2D eigenvalue weighted by Gasteiger charge is 2.33. The maximum atomic E-state index is 13.4. The molecule has 0 aliphatic heterocycles. The summed E-state index contributed by atoms with van der Waals surface area (Å²) in [7, 11) is 3.12. The number of carbonyl (C=O) groups excluding carboxylic acids is 2. The molecule has 0 aliphatic rings. The number of aromatic hydroxyl groups is 1. The lowest BCUT2D eigenvalue weighted by Crippen LogP contribution is -2.44. The van der Waals surface area contributed by atoms with Crippen LogP contribution in [0.25, 0.3) is 0 Å². The van der Waals surface area contributed by atoms with Crippen LogP contribution in [0.15, 0.2) is 58.1 Å². The molecule has 0 bridgehead atoms. The van der Waals surface area contributed by atoms with Gasteiger partial charge in [-0.05, 0) is 29.0 Å². The molecular formula is C28H33N3O5. The Kier molecular flexibility index (Phi) is 7.67. The third-order valence-corrected chi connectivity index (χ3v) is 6.33. The van der Waals surface area contributed by atoms with E-state index < -0.39 is 28.2 Å². The summed E-state index contributed by atoms with van der Waals surface area (Å²) >= 11 is 0. The van der Waals surface area contributed by atoms with E-state index in [0.29, 0.717) is 0 Å². The van der Waals surface area contributed by atoms with Crippen LogP contribution in [0.1, 0.15) is 50.0 Å². The molecule has 0 aromatic heterocycles. The topological polar surface area (TPSA) is 116 Å². The third-order valence-electron chi connectivity index (χ3n) is 6.33. The molecule has 3 rings (SSSR count). The van der Waals surface area contributed by atoms with Crippen molar-refractivity contribution in [2.24, 2.45) is 5.92 Å². The number of phenolic OH excluding ortho intramolecular Hbond substituents is 1. The van der Waals surface area contributed by atoms with Crippen LogP contribution in [0.2, 0.25) is 0 Å². The fraction of sp³-hybridized carbons (Fsp3) is 0.357. The number of hydrogen-bond acceptors (Lipinski definition) is 7. The van der Waals surface area contributed by atoms with E-state index in [9.17, 15) is 24.3 Å². The number of phenols is 1. The van der Waals surface area contributed by atoms with Crippen LogP contribution in [0, 0.1) is 5.92 Å². The normalized spacial score (nSPS) is 12.4. The first-order chi connectivity index (χ1) is 16.8. The lowest BCUT2D eigenvalue weighted by Gasteiger charge is -2.30. The number of ketones is 1. The van der Waals surface area contributed by atoms with E-state index in [1.165, 1.54) is 17.0 Å². The van der Waals surface area contributed by atoms with Crippen molar-refractivity contribution in [2.75, 3.05) is 24.7 Å². The summed E-state index contributed by atoms with van der Waals surface area (Å²) in [6, 6.07) is 13.5. The number of Topliss-reactive ketones (excluding diaryl/α,β-unsaturated/α-hetero) is 1. The zero-order valence-corrected chi connectivity index (χ0v) is 21.5. The average molecular weight is 492 g/mol. The molecule has 3 N–H and O–H groups in total. The Balaban J connectivity index is 1.86. The number of rotatable bonds is 10. The Hall–Kier alpha value is -3.94. The van der Waals surface area contributed by atoms with Gasteiger partial charge >= 0.3 is 0 Å². The van der Waals surface area contributed by atoms with Gasteiger partial charge in [-0.1, -0.05) is 64.1 Å². The molecule has 8 nitrogen and oxygen atoms in total. The molecule has 190 valence electrons. The number of benzene rings is 2. The van der Waals surface area contributed by atoms with Crippen LogP contribution in [0.3, 0.4) is 0 Å². The predicted octanol–water partition coefficient (Wildman–Crippen LogP) is 3.81. The molecule has 8 heteroatoms. The van der Waals surface area contributed by atoms with Gasteiger partial charge in [0.15, 0.2) is 11.5 Å². The van der Waals surface area contributed by atoms with Gasteiger partial charge in [-0.2, -0.15) is 0 Å². The maximum absolute atomic E-state index is 13.4. The van der Waals surface area contributed by atoms with Crippen molar-refractivity contribution >= 4 is 28.8 Å². The van der Waals surface area contributed by atoms with E-state index in [-0.39, 0.29) is 46.5 Å². The quantitative estimate of drug-likeness (QED) is 0.292. The van der Waals surface area contributed by atoms with Crippen LogP contribution in [-0.4, -0.2) is 41.8 Å². The lowest BCUT2D eigenvalue weighted by molar-refractivity contribution is -0.121. The molecule has 3 aromatic carbocycles. The van der Waals surface area contributed by atoms with E-state index in [1.807, 2.05) is 58.0 Å². The number of hydrogen-bond donors (Lipinski definition) is 3. The average Bonchev–Trinajstić information content (AvgIpc) is 2.83. The second-order valence-corrected chi connectivity index (χ2v) is 10.2. The Labute approximate surface area is 210 Å². The van der Waals surface area contributed by atoms with Gasteiger partial charge in [0, 0.05) is 20.5 Å². The molecule has 0 fully saturated rings. The molecule has 0 saturated heterocycles. The molecule has 0 aliphatic carbocycles. The Bertz CT molecular complexity index is 1340. The first kappa shape index (κ1) is 26.7. The first-order valence-electron chi connectivity index (χ1n) is 11.8. The van der Waals surface area contributed by atoms with Crippen molar-refractivity contribution in [1.29, 1.82) is 0 Å². The summed E-state index contributed by atoms with van der Waals surface area (Å²) in [5.74, 6) is -0.989. The molecule has 3 aromatic rings. The zero-order valence-electron chi connectivity index (χ0n) is 21.5. The molecule has 0 saturated carbocycles. The van der Waals surface area contributed by atoms with Gasteiger partial charge in [-0.15, -0.1) is 0 Å². The fourth-order valence-corrected chi connectivity index (χ4v) is 4.15. The first-order valence-corrected chi connectivity index (χ1v) is 11.8. The van der Waals surface area contributed by atoms with Gasteiger partial charge in [0.1, 0.15) is 11.4 Å². The van der Waals surface area contributed by atoms with Gasteiger partial charge in [0.2, 0.25) is 0 Å². The summed E-state index contributed by atoms with van der Waals surface area (Å²) in [6.45, 7) is 7.72. The molecule has 0 spiro atoms. The molecule has 36 heavy (non-hydrogen) atoms. The number of para-hydroxylation sites is 1. The minimum atomic E-state index is -0.763. The zero-order chi connectivity index (χ0) is 26.8. The van der Waals surface area contributed by atoms with Crippen LogP contribution in [0.5, 0.6) is 5.75 Å². The van der Waals surface area contributed by atoms with Gasteiger partial charge in [-0.3, -0.25) is 19.2 Å². The van der Waals surface area contributed by atoms with E-state index >= 15 is 0 Å². The summed E-state index contributed by atoms with van der Waals surface area (Å²) in [5.41, 5.74) is -0.794. The minimum Gasteiger partial charge on any atom is -0.505 e. The molecule has 1 atom stereocenters. The highest BCUT2D eigenvalue weighted by molar-refractivity contribution is 5.99. The van der Waals surface area contributed by atoms with E-state index in [0.717, 1.165) is 5.56 Å². The number of amides is 1. The molecule has 1 amide bonds. The van der Waals surface area contributed by atoms with Crippen molar-refractivity contribution in [2.45, 2.75) is 45.6 Å². The predicted molar refractivity (Wildman–Crippen MR) is 142 cm³/mol. The molecule has 0 radical (unpaired) electrons. The minimum absolute atomic E-state index is 0.00620. The maximum Gasteiger partial charge on any atom is 0.257 e. The SMILES string of the molecule is CC(C)[C@@H](Nc1c(Nc2cccc(C(=O)N(C)C)c2O)c(=O)c1=O)C(=O)CC(C)(C)c1ccccc1. The van der Waals surface area contributed by atoms with Crippen LogP contribution >= 0.6 is 0 Å². The number of carbonyl (C=O) groups is 2. The number of nitrogens with one attached hydrogen (secondary N) is 2. The Morgan fingerprint density at radius 2 is 1.56 bits per heavy atom. The Morgan fingerprint density at radius 1 is 0.944 bits per heavy atom. The molecule has 0 unspecified atom stereocenters. The van der Waals surface area contributed by atoms with Crippen molar-refractivity contribution in [3.05, 3.63) is 80.1 Å². The summed E-state index contributed by atoms with van der Waals surface area (Å²) in [6.07, 6.45) is 0.237. The lowest BCUT2D eigenvalue weighted by atomic mass is 9.78. The largest absolute Gasteiger partial charge is 0.505 e. The van der Waals surface area contributed by atoms with Crippen molar-refractivity contribution in [3.8, 4) is 5.75 Å². The fourth-order valence-electron chi connectivity index (χ4n) is 4.15. The van der Waals surface area contributed by atoms with Gasteiger partial charge < -0.3 is 20.6 Å². The summed E-state index contributed by atoms with van der Waals surface area (Å²) in [4.78, 5) is 51.9. The van der Waals surface area contributed by atoms with Crippen molar-refractivity contribution in [3.63, 3.8) is 0 Å². The van der Waals surface area contributed by atoms with Crippen LogP contribution in [-0.2, 0) is 10.2 Å². The summed E-state index contributed by atoms with van der Waals surface area (Å²) < 4.78 is 0. The van der Waals surface area contributed by atoms with E-state index in [4.69, 9.17) is 0 Å². The second-order valence-electron chi connectivity index (χ2n) is 10.2. The summed E-state index contributed by atoms with van der Waals surface area (Å²) in [5, 5.41) is 16.4. The monoisotopic (exact) mass is 491 g/mol. The van der Waals surface area contributed by atoms with E-state index in [2.05, 4.69) is 10.6 Å². The van der Waals surface area contributed by atoms with Gasteiger partial charge in [-0.25, -0.2) is 0 Å². The molecular weight excluding hydrogens is 458 g/mol. The number of anilines is 3. The van der Waals surface area contributed by atoms with Crippen LogP contribution in [0.4, 0.5) is 17.1 Å². The highest BCUT2D eigenvalue weighted by atomic mass is 16.3. The third kappa shape index (κ3) is 5.32. The standard InChI is InChI=1S/C28H33N3O5/c1-16(2)21(20(32)15-28(3,4)17-11-8-7-9-12-17)30-23-22(25(34)26(23)35)29-19-14-10-13-18(24(19)33)27(36)31(5)6/h7-14,16,21,29-30,33H,15H2,1-6H3/t21-/m1/s1.